The molecule has 178 valence electrons. The first-order valence-corrected chi connectivity index (χ1v) is 12.3. The van der Waals surface area contributed by atoms with E-state index >= 15 is 0 Å². The first-order chi connectivity index (χ1) is 16.1. The summed E-state index contributed by atoms with van der Waals surface area (Å²) in [4.78, 5) is 33.3. The maximum absolute atomic E-state index is 14.2. The summed E-state index contributed by atoms with van der Waals surface area (Å²) in [6.07, 6.45) is 5.88. The lowest BCUT2D eigenvalue weighted by Crippen LogP contribution is -2.85. The van der Waals surface area contributed by atoms with Crippen molar-refractivity contribution in [2.24, 2.45) is 5.92 Å². The van der Waals surface area contributed by atoms with Gasteiger partial charge in [-0.2, -0.15) is 0 Å². The number of rotatable bonds is 1. The van der Waals surface area contributed by atoms with Crippen LogP contribution in [0.1, 0.15) is 69.9 Å². The van der Waals surface area contributed by atoms with Crippen LogP contribution in [0, 0.1) is 5.92 Å². The standard InChI is InChI=1S/C27H31N3O4/c1-24(2)11-9-14-16(34-24)8-7-15-18-20(28-19(14)15)25(3,4)17-13-26-10-6-12-30(26)23(32)27(17,21(18)33-5)29-22(26)31/h7-9,11,17,21,28H,6,10,12-13H2,1-5H3,(H,29,31)/t17-,21-,26-,27+/m1/s1. The maximum Gasteiger partial charge on any atom is 0.252 e. The number of methoxy groups -OCH3 is 1. The van der Waals surface area contributed by atoms with Crippen LogP contribution in [0.4, 0.5) is 0 Å². The Morgan fingerprint density at radius 3 is 2.74 bits per heavy atom. The van der Waals surface area contributed by atoms with Crippen LogP contribution in [-0.2, 0) is 19.7 Å². The highest BCUT2D eigenvalue weighted by Crippen LogP contribution is 2.63. The van der Waals surface area contributed by atoms with E-state index in [0.717, 1.165) is 46.3 Å². The van der Waals surface area contributed by atoms with Gasteiger partial charge < -0.3 is 24.7 Å². The Morgan fingerprint density at radius 1 is 1.18 bits per heavy atom. The molecule has 1 aliphatic carbocycles. The summed E-state index contributed by atoms with van der Waals surface area (Å²) in [6.45, 7) is 9.14. The molecule has 7 heteroatoms. The molecule has 0 radical (unpaired) electrons. The number of piperidine rings is 2. The Balaban J connectivity index is 1.51. The van der Waals surface area contributed by atoms with Crippen molar-refractivity contribution in [1.82, 2.24) is 15.2 Å². The van der Waals surface area contributed by atoms with Crippen LogP contribution in [0.25, 0.3) is 17.0 Å². The summed E-state index contributed by atoms with van der Waals surface area (Å²) < 4.78 is 12.4. The van der Waals surface area contributed by atoms with Crippen molar-refractivity contribution in [2.45, 2.75) is 75.2 Å². The molecule has 0 saturated carbocycles. The van der Waals surface area contributed by atoms with Crippen molar-refractivity contribution in [3.8, 4) is 5.75 Å². The van der Waals surface area contributed by atoms with Crippen molar-refractivity contribution in [3.05, 3.63) is 35.0 Å². The highest BCUT2D eigenvalue weighted by atomic mass is 16.5. The van der Waals surface area contributed by atoms with E-state index in [2.05, 4.69) is 42.4 Å². The zero-order valence-corrected chi connectivity index (χ0v) is 20.4. The Hall–Kier alpha value is -2.80. The zero-order valence-electron chi connectivity index (χ0n) is 20.4. The van der Waals surface area contributed by atoms with Gasteiger partial charge in [0, 0.05) is 47.2 Å². The fourth-order valence-corrected chi connectivity index (χ4v) is 7.84. The summed E-state index contributed by atoms with van der Waals surface area (Å²) in [5.74, 6) is 0.763. The van der Waals surface area contributed by atoms with Gasteiger partial charge in [0.2, 0.25) is 5.91 Å². The van der Waals surface area contributed by atoms with Crippen molar-refractivity contribution >= 4 is 28.8 Å². The minimum Gasteiger partial charge on any atom is -0.483 e. The number of nitrogens with one attached hydrogen (secondary N) is 2. The lowest BCUT2D eigenvalue weighted by atomic mass is 9.50. The topological polar surface area (TPSA) is 83.7 Å². The minimum absolute atomic E-state index is 0.0158. The van der Waals surface area contributed by atoms with Crippen LogP contribution in [-0.4, -0.2) is 52.0 Å². The van der Waals surface area contributed by atoms with E-state index in [-0.39, 0.29) is 28.7 Å². The molecule has 4 atom stereocenters. The van der Waals surface area contributed by atoms with Gasteiger partial charge in [0.1, 0.15) is 23.0 Å². The second-order valence-corrected chi connectivity index (χ2v) is 11.9. The third kappa shape index (κ3) is 2.06. The Labute approximate surface area is 198 Å². The number of carbonyl (C=O) groups excluding carboxylic acids is 2. The summed E-state index contributed by atoms with van der Waals surface area (Å²) in [5.41, 5.74) is 1.50. The number of piperazine rings is 1. The Kier molecular flexibility index (Phi) is 3.55. The molecule has 2 bridgehead atoms. The highest BCUT2D eigenvalue weighted by molar-refractivity contribution is 6.07. The zero-order chi connectivity index (χ0) is 23.8. The number of hydrogen-bond acceptors (Lipinski definition) is 4. The highest BCUT2D eigenvalue weighted by Gasteiger charge is 2.76. The van der Waals surface area contributed by atoms with Gasteiger partial charge in [0.25, 0.3) is 5.91 Å². The van der Waals surface area contributed by atoms with Crippen molar-refractivity contribution in [1.29, 1.82) is 0 Å². The number of aromatic nitrogens is 1. The molecule has 2 N–H and O–H groups in total. The Morgan fingerprint density at radius 2 is 1.97 bits per heavy atom. The van der Waals surface area contributed by atoms with Crippen LogP contribution in [0.5, 0.6) is 5.75 Å². The van der Waals surface area contributed by atoms with Crippen LogP contribution in [0.3, 0.4) is 0 Å². The average Bonchev–Trinajstić information content (AvgIpc) is 3.38. The van der Waals surface area contributed by atoms with Gasteiger partial charge in [0.15, 0.2) is 5.54 Å². The molecule has 1 aromatic heterocycles. The fourth-order valence-electron chi connectivity index (χ4n) is 7.84. The SMILES string of the molecule is CO[C@@H]1c2c([nH]c3c4c(ccc23)OC(C)(C)C=C4)C(C)(C)[C@H]2C[C@@]34CCCN3C(=O)[C@@]12NC4=O. The van der Waals surface area contributed by atoms with Gasteiger partial charge in [0.05, 0.1) is 5.52 Å². The van der Waals surface area contributed by atoms with Gasteiger partial charge in [-0.05, 0) is 57.4 Å². The van der Waals surface area contributed by atoms with Gasteiger partial charge in [-0.1, -0.05) is 13.8 Å². The van der Waals surface area contributed by atoms with E-state index < -0.39 is 17.2 Å². The molecule has 7 nitrogen and oxygen atoms in total. The second-order valence-electron chi connectivity index (χ2n) is 11.9. The van der Waals surface area contributed by atoms with Crippen molar-refractivity contribution < 1.29 is 19.1 Å². The van der Waals surface area contributed by atoms with Crippen molar-refractivity contribution in [3.63, 3.8) is 0 Å². The van der Waals surface area contributed by atoms with Gasteiger partial charge >= 0.3 is 0 Å². The largest absolute Gasteiger partial charge is 0.483 e. The second kappa shape index (κ2) is 5.88. The molecule has 5 aliphatic heterocycles. The molecule has 6 aliphatic rings. The third-order valence-corrected chi connectivity index (χ3v) is 9.39. The third-order valence-electron chi connectivity index (χ3n) is 9.39. The number of H-pyrrole nitrogens is 1. The number of fused-ring (bicyclic) bond motifs is 6. The molecule has 8 rings (SSSR count). The number of amides is 2. The van der Waals surface area contributed by atoms with Crippen LogP contribution >= 0.6 is 0 Å². The molecule has 4 fully saturated rings. The Bertz CT molecular complexity index is 1340. The van der Waals surface area contributed by atoms with E-state index in [0.29, 0.717) is 13.0 Å². The van der Waals surface area contributed by atoms with Gasteiger partial charge in [-0.25, -0.2) is 0 Å². The van der Waals surface area contributed by atoms with Gasteiger partial charge in [-0.15, -0.1) is 0 Å². The number of carbonyl (C=O) groups is 2. The normalized spacial score (nSPS) is 36.0. The first kappa shape index (κ1) is 20.6. The molecule has 2 amide bonds. The van der Waals surface area contributed by atoms with E-state index in [4.69, 9.17) is 9.47 Å². The molecule has 1 aromatic carbocycles. The predicted molar refractivity (Wildman–Crippen MR) is 127 cm³/mol. The smallest absolute Gasteiger partial charge is 0.252 e. The minimum atomic E-state index is -1.10. The monoisotopic (exact) mass is 461 g/mol. The summed E-state index contributed by atoms with van der Waals surface area (Å²) >= 11 is 0. The molecule has 34 heavy (non-hydrogen) atoms. The first-order valence-electron chi connectivity index (χ1n) is 12.3. The molecule has 6 heterocycles. The number of hydrogen-bond donors (Lipinski definition) is 2. The number of nitrogens with zero attached hydrogens (tertiary/aromatic N) is 1. The van der Waals surface area contributed by atoms with Crippen molar-refractivity contribution in [2.75, 3.05) is 13.7 Å². The number of benzene rings is 1. The molecular weight excluding hydrogens is 430 g/mol. The predicted octanol–water partition coefficient (Wildman–Crippen LogP) is 3.58. The molecule has 0 unspecified atom stereocenters. The fraction of sp³-hybridized carbons (Fsp3) is 0.556. The molecule has 2 aromatic rings. The van der Waals surface area contributed by atoms with E-state index in [1.807, 2.05) is 24.8 Å². The van der Waals surface area contributed by atoms with E-state index in [9.17, 15) is 9.59 Å². The number of aromatic amines is 1. The lowest BCUT2D eigenvalue weighted by Gasteiger charge is -2.65. The quantitative estimate of drug-likeness (QED) is 0.680. The molecule has 4 saturated heterocycles. The van der Waals surface area contributed by atoms with Crippen LogP contribution < -0.4 is 10.1 Å². The summed E-state index contributed by atoms with van der Waals surface area (Å²) in [5, 5.41) is 4.27. The summed E-state index contributed by atoms with van der Waals surface area (Å²) in [7, 11) is 1.65. The van der Waals surface area contributed by atoms with Gasteiger partial charge in [-0.3, -0.25) is 9.59 Å². The lowest BCUT2D eigenvalue weighted by molar-refractivity contribution is -0.193. The molecular formula is C27H31N3O4. The summed E-state index contributed by atoms with van der Waals surface area (Å²) in [6, 6.07) is 4.07. The maximum atomic E-state index is 14.2. The molecule has 2 spiro atoms. The van der Waals surface area contributed by atoms with Crippen LogP contribution in [0.15, 0.2) is 18.2 Å². The average molecular weight is 462 g/mol. The van der Waals surface area contributed by atoms with E-state index in [1.165, 1.54) is 0 Å². The van der Waals surface area contributed by atoms with Crippen LogP contribution in [0.2, 0.25) is 0 Å². The van der Waals surface area contributed by atoms with E-state index in [1.54, 1.807) is 7.11 Å². The number of ether oxygens (including phenoxy) is 2.